The van der Waals surface area contributed by atoms with Gasteiger partial charge in [-0.25, -0.2) is 4.79 Å². The average molecular weight is 643 g/mol. The molecule has 1 saturated heterocycles. The van der Waals surface area contributed by atoms with E-state index < -0.39 is 103 Å². The van der Waals surface area contributed by atoms with E-state index in [1.165, 1.54) is 13.8 Å². The lowest BCUT2D eigenvalue weighted by Crippen LogP contribution is -2.57. The third kappa shape index (κ3) is 13.9. The Balaban J connectivity index is 2.72. The van der Waals surface area contributed by atoms with Crippen LogP contribution in [0.15, 0.2) is 0 Å². The summed E-state index contributed by atoms with van der Waals surface area (Å²) in [5.41, 5.74) is 5.19. The van der Waals surface area contributed by atoms with Crippen LogP contribution in [-0.2, 0) is 38.4 Å². The molecule has 0 aromatic rings. The minimum atomic E-state index is -1.58. The third-order valence-electron chi connectivity index (χ3n) is 7.16. The number of rotatable bonds is 19. The molecule has 18 heteroatoms. The van der Waals surface area contributed by atoms with Gasteiger partial charge >= 0.3 is 5.97 Å². The summed E-state index contributed by atoms with van der Waals surface area (Å²) in [5, 5.41) is 35.7. The SMILES string of the molecule is CC[C@H](C)[C@H](NC(=O)CNC(=O)[C@H](CCC(N)=O)NC(=O)[C@@H]1CCCN1)C(=O)N[C@@H](C)C(=O)NCC(=O)N[C@H](C(=O)O)[C@@H](C)O. The number of hydrogen-bond acceptors (Lipinski definition) is 10. The summed E-state index contributed by atoms with van der Waals surface area (Å²) in [5.74, 6) is -6.79. The lowest BCUT2D eigenvalue weighted by atomic mass is 9.98. The number of carboxylic acids is 1. The molecule has 1 heterocycles. The van der Waals surface area contributed by atoms with Crippen molar-refractivity contribution in [3.05, 3.63) is 0 Å². The van der Waals surface area contributed by atoms with E-state index in [4.69, 9.17) is 10.8 Å². The standard InChI is InChI=1S/C27H46N8O10/c1-5-13(2)21(26(43)32-14(3)23(40)30-11-20(39)35-22(15(4)36)27(44)45)34-19(38)12-31-24(41)17(8-9-18(28)37)33-25(42)16-7-6-10-29-16/h13-17,21-22,29,36H,5-12H2,1-4H3,(H2,28,37)(H,30,40)(H,31,41)(H,32,43)(H,33,42)(H,34,38)(H,35,39)(H,44,45)/t13-,14-,15+,16-,17-,21-,22-/m0/s1. The van der Waals surface area contributed by atoms with Gasteiger partial charge in [0.1, 0.15) is 18.1 Å². The molecular formula is C27H46N8O10. The van der Waals surface area contributed by atoms with Crippen LogP contribution in [0.1, 0.15) is 59.8 Å². The smallest absolute Gasteiger partial charge is 0.328 e. The Morgan fingerprint density at radius 3 is 1.91 bits per heavy atom. The molecule has 7 atom stereocenters. The molecule has 0 spiro atoms. The van der Waals surface area contributed by atoms with Crippen molar-refractivity contribution >= 4 is 47.3 Å². The topological polar surface area (TPSA) is 287 Å². The molecular weight excluding hydrogens is 596 g/mol. The number of primary amides is 1. The molecule has 7 amide bonds. The van der Waals surface area contributed by atoms with Gasteiger partial charge in [0.15, 0.2) is 6.04 Å². The first-order chi connectivity index (χ1) is 21.1. The van der Waals surface area contributed by atoms with Crippen LogP contribution in [0.3, 0.4) is 0 Å². The summed E-state index contributed by atoms with van der Waals surface area (Å²) in [6.07, 6.45) is 0.188. The van der Waals surface area contributed by atoms with Crippen LogP contribution in [0.4, 0.5) is 0 Å². The maximum atomic E-state index is 13.0. The lowest BCUT2D eigenvalue weighted by Gasteiger charge is -2.25. The van der Waals surface area contributed by atoms with Crippen LogP contribution in [0.25, 0.3) is 0 Å². The summed E-state index contributed by atoms with van der Waals surface area (Å²) in [6, 6.07) is -5.46. The van der Waals surface area contributed by atoms with Crippen molar-refractivity contribution in [1.29, 1.82) is 0 Å². The first-order valence-corrected chi connectivity index (χ1v) is 14.7. The first kappa shape index (κ1) is 38.7. The van der Waals surface area contributed by atoms with Crippen LogP contribution < -0.4 is 43.0 Å². The van der Waals surface area contributed by atoms with Crippen LogP contribution >= 0.6 is 0 Å². The average Bonchev–Trinajstić information content (AvgIpc) is 3.52. The van der Waals surface area contributed by atoms with Crippen LogP contribution in [0.2, 0.25) is 0 Å². The molecule has 0 bridgehead atoms. The summed E-state index contributed by atoms with van der Waals surface area (Å²) >= 11 is 0. The Kier molecular flexibility index (Phi) is 16.5. The highest BCUT2D eigenvalue weighted by Crippen LogP contribution is 2.09. The van der Waals surface area contributed by atoms with Gasteiger partial charge in [-0.05, 0) is 45.6 Å². The highest BCUT2D eigenvalue weighted by Gasteiger charge is 2.31. The van der Waals surface area contributed by atoms with E-state index in [1.807, 2.05) is 0 Å². The number of carbonyl (C=O) groups excluding carboxylic acids is 7. The normalized spacial score (nSPS) is 18.1. The Morgan fingerprint density at radius 2 is 1.42 bits per heavy atom. The van der Waals surface area contributed by atoms with E-state index >= 15 is 0 Å². The van der Waals surface area contributed by atoms with E-state index in [1.54, 1.807) is 13.8 Å². The van der Waals surface area contributed by atoms with E-state index in [0.29, 0.717) is 19.4 Å². The van der Waals surface area contributed by atoms with Gasteiger partial charge in [0.05, 0.1) is 25.2 Å². The van der Waals surface area contributed by atoms with Crippen LogP contribution in [0, 0.1) is 5.92 Å². The Hall–Kier alpha value is -4.32. The number of carbonyl (C=O) groups is 8. The monoisotopic (exact) mass is 642 g/mol. The predicted molar refractivity (Wildman–Crippen MR) is 158 cm³/mol. The molecule has 45 heavy (non-hydrogen) atoms. The number of aliphatic hydroxyl groups excluding tert-OH is 1. The Bertz CT molecular complexity index is 1100. The molecule has 11 N–H and O–H groups in total. The van der Waals surface area contributed by atoms with Crippen molar-refractivity contribution in [1.82, 2.24) is 37.2 Å². The number of hydrogen-bond donors (Lipinski definition) is 10. The van der Waals surface area contributed by atoms with Crippen molar-refractivity contribution in [3.63, 3.8) is 0 Å². The first-order valence-electron chi connectivity index (χ1n) is 14.7. The molecule has 18 nitrogen and oxygen atoms in total. The summed E-state index contributed by atoms with van der Waals surface area (Å²) in [6.45, 7) is 5.44. The fourth-order valence-electron chi connectivity index (χ4n) is 4.26. The molecule has 0 aliphatic carbocycles. The highest BCUT2D eigenvalue weighted by atomic mass is 16.4. The van der Waals surface area contributed by atoms with Crippen molar-refractivity contribution in [2.75, 3.05) is 19.6 Å². The number of amides is 7. The van der Waals surface area contributed by atoms with Gasteiger partial charge in [0, 0.05) is 6.42 Å². The molecule has 1 aliphatic heterocycles. The van der Waals surface area contributed by atoms with E-state index in [9.17, 15) is 43.5 Å². The summed E-state index contributed by atoms with van der Waals surface area (Å²) < 4.78 is 0. The molecule has 0 unspecified atom stereocenters. The lowest BCUT2D eigenvalue weighted by molar-refractivity contribution is -0.144. The maximum absolute atomic E-state index is 13.0. The summed E-state index contributed by atoms with van der Waals surface area (Å²) in [7, 11) is 0. The zero-order chi connectivity index (χ0) is 34.3. The second-order valence-corrected chi connectivity index (χ2v) is 10.9. The van der Waals surface area contributed by atoms with Gasteiger partial charge in [0.2, 0.25) is 41.4 Å². The molecule has 0 radical (unpaired) electrons. The predicted octanol–water partition coefficient (Wildman–Crippen LogP) is -4.29. The second kappa shape index (κ2) is 19.1. The highest BCUT2D eigenvalue weighted by molar-refractivity contribution is 5.95. The minimum Gasteiger partial charge on any atom is -0.480 e. The van der Waals surface area contributed by atoms with Gasteiger partial charge in [0.25, 0.3) is 0 Å². The van der Waals surface area contributed by atoms with E-state index in [-0.39, 0.29) is 12.8 Å². The fourth-order valence-corrected chi connectivity index (χ4v) is 4.26. The van der Waals surface area contributed by atoms with Crippen molar-refractivity contribution in [2.45, 2.75) is 96.1 Å². The molecule has 1 aliphatic rings. The van der Waals surface area contributed by atoms with Crippen molar-refractivity contribution in [3.8, 4) is 0 Å². The molecule has 1 rings (SSSR count). The number of carboxylic acid groups (broad SMARTS) is 1. The number of aliphatic hydroxyl groups is 1. The van der Waals surface area contributed by atoms with Gasteiger partial charge in [-0.3, -0.25) is 33.6 Å². The quantitative estimate of drug-likeness (QED) is 0.0643. The van der Waals surface area contributed by atoms with E-state index in [2.05, 4.69) is 37.2 Å². The molecule has 1 fully saturated rings. The fraction of sp³-hybridized carbons (Fsp3) is 0.704. The largest absolute Gasteiger partial charge is 0.480 e. The van der Waals surface area contributed by atoms with Crippen LogP contribution in [0.5, 0.6) is 0 Å². The third-order valence-corrected chi connectivity index (χ3v) is 7.16. The van der Waals surface area contributed by atoms with Gasteiger partial charge < -0.3 is 53.2 Å². The Labute approximate surface area is 260 Å². The molecule has 0 saturated carbocycles. The van der Waals surface area contributed by atoms with Crippen molar-refractivity contribution in [2.24, 2.45) is 11.7 Å². The Morgan fingerprint density at radius 1 is 0.844 bits per heavy atom. The van der Waals surface area contributed by atoms with Crippen molar-refractivity contribution < 1.29 is 48.6 Å². The minimum absolute atomic E-state index is 0.0819. The van der Waals surface area contributed by atoms with Gasteiger partial charge in [-0.1, -0.05) is 20.3 Å². The zero-order valence-electron chi connectivity index (χ0n) is 25.9. The molecule has 0 aromatic carbocycles. The number of aliphatic carboxylic acids is 1. The zero-order valence-corrected chi connectivity index (χ0v) is 25.9. The molecule has 0 aromatic heterocycles. The van der Waals surface area contributed by atoms with Gasteiger partial charge in [-0.15, -0.1) is 0 Å². The second-order valence-electron chi connectivity index (χ2n) is 10.9. The number of nitrogens with one attached hydrogen (secondary N) is 7. The van der Waals surface area contributed by atoms with Gasteiger partial charge in [-0.2, -0.15) is 0 Å². The van der Waals surface area contributed by atoms with Crippen LogP contribution in [-0.4, -0.2) is 113 Å². The molecule has 254 valence electrons. The number of nitrogens with two attached hydrogens (primary N) is 1. The van der Waals surface area contributed by atoms with E-state index in [0.717, 1.165) is 6.42 Å². The summed E-state index contributed by atoms with van der Waals surface area (Å²) in [4.78, 5) is 97.9. The maximum Gasteiger partial charge on any atom is 0.328 e.